The van der Waals surface area contributed by atoms with E-state index in [4.69, 9.17) is 0 Å². The molecule has 0 amide bonds. The van der Waals surface area contributed by atoms with E-state index in [9.17, 15) is 13.9 Å². The summed E-state index contributed by atoms with van der Waals surface area (Å²) in [6.07, 6.45) is 0.241. The first kappa shape index (κ1) is 12.6. The van der Waals surface area contributed by atoms with Gasteiger partial charge in [-0.05, 0) is 25.5 Å². The quantitative estimate of drug-likeness (QED) is 0.887. The van der Waals surface area contributed by atoms with Crippen LogP contribution in [0, 0.1) is 25.5 Å². The van der Waals surface area contributed by atoms with Crippen LogP contribution in [0.15, 0.2) is 30.5 Å². The van der Waals surface area contributed by atoms with Crippen molar-refractivity contribution in [3.8, 4) is 0 Å². The highest BCUT2D eigenvalue weighted by Crippen LogP contribution is 2.26. The Hall–Kier alpha value is -1.81. The Labute approximate surface area is 104 Å². The van der Waals surface area contributed by atoms with E-state index < -0.39 is 17.7 Å². The molecule has 0 bridgehead atoms. The first-order valence-corrected chi connectivity index (χ1v) is 5.56. The number of aliphatic hydroxyl groups excluding tert-OH is 1. The van der Waals surface area contributed by atoms with Crippen LogP contribution in [-0.2, 0) is 0 Å². The van der Waals surface area contributed by atoms with Crippen LogP contribution in [0.25, 0.3) is 0 Å². The summed E-state index contributed by atoms with van der Waals surface area (Å²) in [6.45, 7) is 3.28. The number of benzene rings is 1. The Kier molecular flexibility index (Phi) is 3.39. The minimum absolute atomic E-state index is 0.0799. The Morgan fingerprint density at radius 2 is 1.78 bits per heavy atom. The maximum atomic E-state index is 13.7. The second kappa shape index (κ2) is 4.82. The van der Waals surface area contributed by atoms with Crippen LogP contribution >= 0.6 is 0 Å². The second-order valence-electron chi connectivity index (χ2n) is 4.24. The fraction of sp³-hybridized carbons (Fsp3) is 0.214. The number of aromatic nitrogens is 1. The normalized spacial score (nSPS) is 12.5. The monoisotopic (exact) mass is 249 g/mol. The van der Waals surface area contributed by atoms with Crippen molar-refractivity contribution in [2.45, 2.75) is 20.0 Å². The molecular weight excluding hydrogens is 236 g/mol. The summed E-state index contributed by atoms with van der Waals surface area (Å²) in [6, 6.07) is 6.18. The van der Waals surface area contributed by atoms with E-state index in [0.717, 1.165) is 5.69 Å². The first-order valence-electron chi connectivity index (χ1n) is 5.56. The minimum Gasteiger partial charge on any atom is -0.383 e. The van der Waals surface area contributed by atoms with Crippen molar-refractivity contribution in [3.63, 3.8) is 0 Å². The van der Waals surface area contributed by atoms with Crippen molar-refractivity contribution in [1.29, 1.82) is 0 Å². The minimum atomic E-state index is -1.21. The molecule has 2 rings (SSSR count). The molecule has 0 spiro atoms. The number of nitrogens with zero attached hydrogens (tertiary/aromatic N) is 1. The molecule has 1 atom stereocenters. The molecule has 2 nitrogen and oxygen atoms in total. The lowest BCUT2D eigenvalue weighted by molar-refractivity contribution is 0.213. The highest BCUT2D eigenvalue weighted by Gasteiger charge is 2.19. The van der Waals surface area contributed by atoms with Crippen molar-refractivity contribution < 1.29 is 13.9 Å². The second-order valence-corrected chi connectivity index (χ2v) is 4.24. The Morgan fingerprint density at radius 1 is 1.06 bits per heavy atom. The fourth-order valence-corrected chi connectivity index (χ4v) is 1.69. The third-order valence-corrected chi connectivity index (χ3v) is 2.85. The molecule has 1 unspecified atom stereocenters. The lowest BCUT2D eigenvalue weighted by Gasteiger charge is -2.13. The van der Waals surface area contributed by atoms with Crippen molar-refractivity contribution >= 4 is 0 Å². The van der Waals surface area contributed by atoms with Crippen molar-refractivity contribution in [2.75, 3.05) is 0 Å². The third-order valence-electron chi connectivity index (χ3n) is 2.85. The summed E-state index contributed by atoms with van der Waals surface area (Å²) in [7, 11) is 0. The SMILES string of the molecule is Cc1ccc(C(O)c2ccc(C)c(F)c2F)cn1. The van der Waals surface area contributed by atoms with E-state index in [0.29, 0.717) is 5.56 Å². The molecule has 0 aliphatic rings. The van der Waals surface area contributed by atoms with E-state index in [1.54, 1.807) is 12.1 Å². The van der Waals surface area contributed by atoms with Crippen LogP contribution in [-0.4, -0.2) is 10.1 Å². The Bertz CT molecular complexity index is 567. The van der Waals surface area contributed by atoms with Gasteiger partial charge in [-0.2, -0.15) is 0 Å². The van der Waals surface area contributed by atoms with Gasteiger partial charge in [-0.15, -0.1) is 0 Å². The van der Waals surface area contributed by atoms with Crippen LogP contribution in [0.5, 0.6) is 0 Å². The number of hydrogen-bond acceptors (Lipinski definition) is 2. The zero-order chi connectivity index (χ0) is 13.3. The third kappa shape index (κ3) is 2.24. The zero-order valence-electron chi connectivity index (χ0n) is 10.1. The van der Waals surface area contributed by atoms with Crippen molar-refractivity contribution in [3.05, 3.63) is 64.5 Å². The molecule has 0 aliphatic carbocycles. The molecule has 0 saturated carbocycles. The number of pyridine rings is 1. The summed E-state index contributed by atoms with van der Waals surface area (Å²) >= 11 is 0. The molecule has 18 heavy (non-hydrogen) atoms. The van der Waals surface area contributed by atoms with Crippen LogP contribution in [0.3, 0.4) is 0 Å². The zero-order valence-corrected chi connectivity index (χ0v) is 10.1. The van der Waals surface area contributed by atoms with E-state index in [1.165, 1.54) is 25.3 Å². The van der Waals surface area contributed by atoms with Gasteiger partial charge in [0.05, 0.1) is 0 Å². The number of aliphatic hydroxyl groups is 1. The molecule has 4 heteroatoms. The average Bonchev–Trinajstić information content (AvgIpc) is 2.36. The molecule has 1 heterocycles. The Balaban J connectivity index is 2.43. The number of rotatable bonds is 2. The van der Waals surface area contributed by atoms with E-state index in [-0.39, 0.29) is 11.1 Å². The van der Waals surface area contributed by atoms with Crippen molar-refractivity contribution in [1.82, 2.24) is 4.98 Å². The van der Waals surface area contributed by atoms with E-state index in [1.807, 2.05) is 6.92 Å². The molecule has 0 aliphatic heterocycles. The number of hydrogen-bond donors (Lipinski definition) is 1. The average molecular weight is 249 g/mol. The smallest absolute Gasteiger partial charge is 0.165 e. The highest BCUT2D eigenvalue weighted by molar-refractivity contribution is 5.33. The molecule has 0 radical (unpaired) electrons. The highest BCUT2D eigenvalue weighted by atomic mass is 19.2. The molecule has 1 N–H and O–H groups in total. The van der Waals surface area contributed by atoms with Gasteiger partial charge in [0.25, 0.3) is 0 Å². The summed E-state index contributed by atoms with van der Waals surface area (Å²) in [4.78, 5) is 4.02. The molecule has 1 aromatic carbocycles. The van der Waals surface area contributed by atoms with Gasteiger partial charge in [-0.3, -0.25) is 4.98 Å². The molecule has 2 aromatic rings. The standard InChI is InChI=1S/C14H13F2NO/c1-8-3-6-11(13(16)12(8)15)14(18)10-5-4-9(2)17-7-10/h3-7,14,18H,1-2H3. The summed E-state index contributed by atoms with van der Waals surface area (Å²) in [5.74, 6) is -1.94. The van der Waals surface area contributed by atoms with Gasteiger partial charge in [-0.25, -0.2) is 8.78 Å². The van der Waals surface area contributed by atoms with Gasteiger partial charge in [0.15, 0.2) is 11.6 Å². The van der Waals surface area contributed by atoms with Crippen LogP contribution in [0.2, 0.25) is 0 Å². The molecule has 1 aromatic heterocycles. The molecular formula is C14H13F2NO. The van der Waals surface area contributed by atoms with Crippen LogP contribution in [0.4, 0.5) is 8.78 Å². The summed E-state index contributed by atoms with van der Waals surface area (Å²) < 4.78 is 27.2. The van der Waals surface area contributed by atoms with Gasteiger partial charge in [0.1, 0.15) is 6.10 Å². The summed E-state index contributed by atoms with van der Waals surface area (Å²) in [5.41, 5.74) is 1.36. The van der Waals surface area contributed by atoms with E-state index >= 15 is 0 Å². The van der Waals surface area contributed by atoms with Crippen LogP contribution in [0.1, 0.15) is 28.5 Å². The molecule has 0 saturated heterocycles. The number of halogens is 2. The maximum Gasteiger partial charge on any atom is 0.165 e. The lowest BCUT2D eigenvalue weighted by Crippen LogP contribution is -2.06. The maximum absolute atomic E-state index is 13.7. The van der Waals surface area contributed by atoms with Crippen molar-refractivity contribution in [2.24, 2.45) is 0 Å². The summed E-state index contributed by atoms with van der Waals surface area (Å²) in [5, 5.41) is 10.0. The van der Waals surface area contributed by atoms with Gasteiger partial charge >= 0.3 is 0 Å². The molecule has 0 fully saturated rings. The largest absolute Gasteiger partial charge is 0.383 e. The van der Waals surface area contributed by atoms with Gasteiger partial charge < -0.3 is 5.11 Å². The van der Waals surface area contributed by atoms with Crippen LogP contribution < -0.4 is 0 Å². The Morgan fingerprint density at radius 3 is 2.39 bits per heavy atom. The van der Waals surface area contributed by atoms with Gasteiger partial charge in [0, 0.05) is 23.0 Å². The molecule has 94 valence electrons. The van der Waals surface area contributed by atoms with Gasteiger partial charge in [-0.1, -0.05) is 18.2 Å². The first-order chi connectivity index (χ1) is 8.50. The predicted molar refractivity (Wildman–Crippen MR) is 64.1 cm³/mol. The topological polar surface area (TPSA) is 33.1 Å². The number of aryl methyl sites for hydroxylation is 2. The lowest BCUT2D eigenvalue weighted by atomic mass is 10.0. The van der Waals surface area contributed by atoms with Gasteiger partial charge in [0.2, 0.25) is 0 Å². The fourth-order valence-electron chi connectivity index (χ4n) is 1.69. The van der Waals surface area contributed by atoms with E-state index in [2.05, 4.69) is 4.98 Å². The predicted octanol–water partition coefficient (Wildman–Crippen LogP) is 3.06.